The first kappa shape index (κ1) is 29.8. The van der Waals surface area contributed by atoms with E-state index >= 15 is 0 Å². The first-order valence-electron chi connectivity index (χ1n) is 16.2. The van der Waals surface area contributed by atoms with Gasteiger partial charge in [0.2, 0.25) is 11.1 Å². The Bertz CT molecular complexity index is 2050. The number of hydrogen-bond acceptors (Lipinski definition) is 4. The van der Waals surface area contributed by atoms with Crippen LogP contribution >= 0.6 is 0 Å². The van der Waals surface area contributed by atoms with Crippen LogP contribution in [0.2, 0.25) is 0 Å². The standard InChI is InChI=1S/C40H40N4O2/c1-5-31-29-18-25(3)22-39(31,33-13-15-37(45)43-35(33)20-29)41-17-7-8-27-9-11-28(12-10-27)24-42-40-23-26(4)19-30(32(40)6-2)21-36-34(40)14-16-38(46)44-36/h5-19,24,29-30H,20-23H2,1-4H3,(H,43,45)(H,44,46)/b8-7+,31-5+,32-6+,41-17+,42-24-. The molecule has 232 valence electrons. The molecule has 0 spiro atoms. The smallest absolute Gasteiger partial charge is 0.248 e. The molecule has 4 unspecified atom stereocenters. The summed E-state index contributed by atoms with van der Waals surface area (Å²) >= 11 is 0. The van der Waals surface area contributed by atoms with E-state index in [2.05, 4.69) is 92.3 Å². The quantitative estimate of drug-likeness (QED) is 0.235. The third kappa shape index (κ3) is 4.97. The predicted molar refractivity (Wildman–Crippen MR) is 188 cm³/mol. The zero-order valence-electron chi connectivity index (χ0n) is 26.9. The summed E-state index contributed by atoms with van der Waals surface area (Å²) in [6, 6.07) is 15.6. The van der Waals surface area contributed by atoms with Crippen molar-refractivity contribution in [3.05, 3.63) is 156 Å². The Balaban J connectivity index is 1.15. The van der Waals surface area contributed by atoms with Crippen LogP contribution in [0.25, 0.3) is 6.08 Å². The van der Waals surface area contributed by atoms with Crippen LogP contribution < -0.4 is 11.1 Å². The Kier molecular flexibility index (Phi) is 7.47. The van der Waals surface area contributed by atoms with E-state index in [1.54, 1.807) is 12.1 Å². The van der Waals surface area contributed by atoms with Crippen molar-refractivity contribution in [1.82, 2.24) is 9.97 Å². The maximum Gasteiger partial charge on any atom is 0.248 e. The van der Waals surface area contributed by atoms with Gasteiger partial charge in [-0.3, -0.25) is 19.6 Å². The summed E-state index contributed by atoms with van der Waals surface area (Å²) in [5, 5.41) is 0. The SMILES string of the molecule is C/C=C1\C2C=C(C)CC1(/N=C\c1ccc(/C=C/C=N/C34CC(C)=CC(Cc5[nH]c(=O)ccc53)/C4=C\C)cc1)c1ccc(=O)[nH]c1C2. The van der Waals surface area contributed by atoms with Crippen molar-refractivity contribution in [1.29, 1.82) is 0 Å². The fourth-order valence-corrected chi connectivity index (χ4v) is 8.51. The van der Waals surface area contributed by atoms with Gasteiger partial charge in [-0.15, -0.1) is 0 Å². The van der Waals surface area contributed by atoms with Crippen LogP contribution in [0.1, 0.15) is 74.2 Å². The van der Waals surface area contributed by atoms with E-state index in [1.807, 2.05) is 30.6 Å². The Morgan fingerprint density at radius 2 is 1.20 bits per heavy atom. The summed E-state index contributed by atoms with van der Waals surface area (Å²) in [5.41, 5.74) is 10.4. The van der Waals surface area contributed by atoms with Gasteiger partial charge in [0.15, 0.2) is 0 Å². The topological polar surface area (TPSA) is 90.4 Å². The third-order valence-electron chi connectivity index (χ3n) is 10.2. The number of pyridine rings is 2. The highest BCUT2D eigenvalue weighted by atomic mass is 16.1. The van der Waals surface area contributed by atoms with Gasteiger partial charge in [0, 0.05) is 71.8 Å². The first-order chi connectivity index (χ1) is 22.2. The molecule has 6 heteroatoms. The van der Waals surface area contributed by atoms with Gasteiger partial charge in [-0.05, 0) is 81.0 Å². The normalized spacial score (nSPS) is 28.5. The number of nitrogens with one attached hydrogen (secondary N) is 2. The summed E-state index contributed by atoms with van der Waals surface area (Å²) < 4.78 is 0. The zero-order chi connectivity index (χ0) is 32.1. The van der Waals surface area contributed by atoms with Gasteiger partial charge in [-0.2, -0.15) is 0 Å². The molecule has 4 bridgehead atoms. The van der Waals surface area contributed by atoms with Crippen molar-refractivity contribution in [3.63, 3.8) is 0 Å². The summed E-state index contributed by atoms with van der Waals surface area (Å²) in [5.74, 6) is 0.481. The fraction of sp³-hybridized carbons (Fsp3) is 0.300. The Morgan fingerprint density at radius 3 is 1.72 bits per heavy atom. The average Bonchev–Trinajstić information content (AvgIpc) is 3.01. The molecule has 0 saturated carbocycles. The number of fused-ring (bicyclic) bond motifs is 8. The van der Waals surface area contributed by atoms with Crippen LogP contribution in [0.15, 0.2) is 121 Å². The molecule has 4 aliphatic rings. The van der Waals surface area contributed by atoms with E-state index < -0.39 is 11.1 Å². The predicted octanol–water partition coefficient (Wildman–Crippen LogP) is 7.29. The molecule has 3 aromatic rings. The number of hydrogen-bond donors (Lipinski definition) is 2. The average molecular weight is 609 g/mol. The van der Waals surface area contributed by atoms with Gasteiger partial charge < -0.3 is 9.97 Å². The van der Waals surface area contributed by atoms with E-state index in [-0.39, 0.29) is 23.0 Å². The van der Waals surface area contributed by atoms with Crippen molar-refractivity contribution in [2.45, 2.75) is 64.5 Å². The number of benzene rings is 1. The van der Waals surface area contributed by atoms with Crippen LogP contribution in [-0.4, -0.2) is 22.4 Å². The largest absolute Gasteiger partial charge is 0.326 e. The minimum Gasteiger partial charge on any atom is -0.326 e. The molecular weight excluding hydrogens is 568 g/mol. The summed E-state index contributed by atoms with van der Waals surface area (Å²) in [4.78, 5) is 41.0. The van der Waals surface area contributed by atoms with E-state index in [0.29, 0.717) is 0 Å². The second kappa shape index (κ2) is 11.5. The number of H-pyrrole nitrogens is 2. The number of aliphatic imine (C=N–C) groups is 2. The number of aromatic amines is 2. The van der Waals surface area contributed by atoms with Crippen LogP contribution in [0.5, 0.6) is 0 Å². The second-order valence-electron chi connectivity index (χ2n) is 13.2. The molecule has 4 aliphatic carbocycles. The molecule has 0 fully saturated rings. The highest BCUT2D eigenvalue weighted by Crippen LogP contribution is 2.53. The number of nitrogens with zero attached hydrogens (tertiary/aromatic N) is 2. The molecule has 46 heavy (non-hydrogen) atoms. The highest BCUT2D eigenvalue weighted by molar-refractivity contribution is 5.83. The van der Waals surface area contributed by atoms with Crippen molar-refractivity contribution >= 4 is 18.5 Å². The van der Waals surface area contributed by atoms with Gasteiger partial charge >= 0.3 is 0 Å². The Morgan fingerprint density at radius 1 is 0.696 bits per heavy atom. The van der Waals surface area contributed by atoms with Crippen LogP contribution in [0.4, 0.5) is 0 Å². The summed E-state index contributed by atoms with van der Waals surface area (Å²) in [7, 11) is 0. The van der Waals surface area contributed by atoms with E-state index in [0.717, 1.165) is 59.3 Å². The summed E-state index contributed by atoms with van der Waals surface area (Å²) in [6.07, 6.45) is 20.2. The van der Waals surface area contributed by atoms with Crippen molar-refractivity contribution < 1.29 is 0 Å². The van der Waals surface area contributed by atoms with E-state index in [4.69, 9.17) is 9.98 Å². The fourth-order valence-electron chi connectivity index (χ4n) is 8.51. The zero-order valence-corrected chi connectivity index (χ0v) is 26.9. The van der Waals surface area contributed by atoms with Crippen molar-refractivity contribution in [2.24, 2.45) is 21.8 Å². The second-order valence-corrected chi connectivity index (χ2v) is 13.2. The maximum absolute atomic E-state index is 12.2. The molecule has 0 aliphatic heterocycles. The minimum atomic E-state index is -0.507. The number of aromatic nitrogens is 2. The summed E-state index contributed by atoms with van der Waals surface area (Å²) in [6.45, 7) is 8.55. The lowest BCUT2D eigenvalue weighted by Gasteiger charge is -2.45. The van der Waals surface area contributed by atoms with Gasteiger partial charge in [-0.25, -0.2) is 0 Å². The molecule has 0 saturated heterocycles. The highest BCUT2D eigenvalue weighted by Gasteiger charge is 2.47. The van der Waals surface area contributed by atoms with Crippen LogP contribution in [0.3, 0.4) is 0 Å². The van der Waals surface area contributed by atoms with E-state index in [1.165, 1.54) is 22.3 Å². The Labute approximate surface area is 269 Å². The Hall–Kier alpha value is -4.84. The van der Waals surface area contributed by atoms with Gasteiger partial charge in [0.1, 0.15) is 11.1 Å². The minimum absolute atomic E-state index is 0.0639. The van der Waals surface area contributed by atoms with Gasteiger partial charge in [0.25, 0.3) is 0 Å². The molecule has 6 nitrogen and oxygen atoms in total. The first-order valence-corrected chi connectivity index (χ1v) is 16.2. The molecule has 1 aromatic carbocycles. The lowest BCUT2D eigenvalue weighted by molar-refractivity contribution is 0.413. The van der Waals surface area contributed by atoms with Crippen molar-refractivity contribution in [3.8, 4) is 0 Å². The molecule has 2 aromatic heterocycles. The number of allylic oxidation sites excluding steroid dienone is 5. The van der Waals surface area contributed by atoms with Gasteiger partial charge in [0.05, 0.1) is 0 Å². The van der Waals surface area contributed by atoms with Crippen LogP contribution in [-0.2, 0) is 23.9 Å². The number of rotatable bonds is 5. The van der Waals surface area contributed by atoms with Crippen LogP contribution in [0, 0.1) is 11.8 Å². The molecule has 7 rings (SSSR count). The molecule has 0 amide bonds. The maximum atomic E-state index is 12.2. The molecule has 0 radical (unpaired) electrons. The lowest BCUT2D eigenvalue weighted by atomic mass is 9.63. The molecule has 2 N–H and O–H groups in total. The van der Waals surface area contributed by atoms with Crippen molar-refractivity contribution in [2.75, 3.05) is 0 Å². The lowest BCUT2D eigenvalue weighted by Crippen LogP contribution is -2.40. The van der Waals surface area contributed by atoms with E-state index in [9.17, 15) is 9.59 Å². The molecule has 4 atom stereocenters. The molecular formula is C40H40N4O2. The van der Waals surface area contributed by atoms with Gasteiger partial charge in [-0.1, -0.05) is 65.8 Å². The monoisotopic (exact) mass is 608 g/mol. The third-order valence-corrected chi connectivity index (χ3v) is 10.2. The molecule has 2 heterocycles.